The maximum Gasteiger partial charge on any atom is 0.267 e. The molecule has 1 aromatic heterocycles. The summed E-state index contributed by atoms with van der Waals surface area (Å²) in [5, 5.41) is 8.64. The van der Waals surface area contributed by atoms with E-state index in [4.69, 9.17) is 9.94 Å². The molecule has 0 bridgehead atoms. The van der Waals surface area contributed by atoms with Crippen LogP contribution in [0.15, 0.2) is 48.8 Å². The molecule has 0 spiro atoms. The summed E-state index contributed by atoms with van der Waals surface area (Å²) in [5.74, 6) is 0.236. The Kier molecular flexibility index (Phi) is 6.40. The summed E-state index contributed by atoms with van der Waals surface area (Å²) in [6.45, 7) is 4.51. The van der Waals surface area contributed by atoms with E-state index in [-0.39, 0.29) is 0 Å². The van der Waals surface area contributed by atoms with Crippen molar-refractivity contribution in [3.63, 3.8) is 0 Å². The number of carbonyl (C=O) groups excluding carboxylic acids is 1. The van der Waals surface area contributed by atoms with E-state index in [9.17, 15) is 4.79 Å². The topological polar surface area (TPSA) is 77.9 Å². The molecule has 7 heteroatoms. The number of nitrogens with zero attached hydrogens (tertiary/aromatic N) is 3. The molecule has 1 saturated heterocycles. The number of aromatic nitrogens is 1. The lowest BCUT2D eigenvalue weighted by molar-refractivity contribution is -0.124. The number of para-hydroxylation sites is 1. The summed E-state index contributed by atoms with van der Waals surface area (Å²) in [5.41, 5.74) is 4.79. The number of hydroxylamine groups is 1. The fourth-order valence-corrected chi connectivity index (χ4v) is 3.19. The van der Waals surface area contributed by atoms with Gasteiger partial charge in [-0.15, -0.1) is 0 Å². The Morgan fingerprint density at radius 2 is 2.04 bits per heavy atom. The molecule has 1 aliphatic heterocycles. The first kappa shape index (κ1) is 18.9. The van der Waals surface area contributed by atoms with E-state index in [1.807, 2.05) is 30.5 Å². The van der Waals surface area contributed by atoms with Crippen LogP contribution < -0.4 is 15.1 Å². The molecule has 1 aromatic carbocycles. The fraction of sp³-hybridized carbons (Fsp3) is 0.300. The van der Waals surface area contributed by atoms with Crippen LogP contribution in [0.1, 0.15) is 11.1 Å². The van der Waals surface area contributed by atoms with Crippen molar-refractivity contribution in [2.45, 2.75) is 6.54 Å². The van der Waals surface area contributed by atoms with Crippen LogP contribution in [0.3, 0.4) is 0 Å². The lowest BCUT2D eigenvalue weighted by atomic mass is 10.1. The second kappa shape index (κ2) is 9.16. The van der Waals surface area contributed by atoms with Crippen molar-refractivity contribution in [3.05, 3.63) is 59.9 Å². The fourth-order valence-electron chi connectivity index (χ4n) is 3.19. The zero-order valence-electron chi connectivity index (χ0n) is 15.3. The van der Waals surface area contributed by atoms with E-state index < -0.39 is 5.91 Å². The molecular weight excluding hydrogens is 344 g/mol. The standard InChI is InChI=1S/C20H24N4O3/c1-27-18-12-16(13-21-14-18)15-23-8-10-24(11-9-23)19-5-3-2-4-17(19)6-7-20(25)22-26/h2-7,12-14,26H,8-11,15H2,1H3,(H,22,25)/b7-6+. The minimum atomic E-state index is -0.540. The Bertz CT molecular complexity index is 801. The molecule has 2 aromatic rings. The Morgan fingerprint density at radius 3 is 2.78 bits per heavy atom. The Hall–Kier alpha value is -2.90. The Morgan fingerprint density at radius 1 is 1.26 bits per heavy atom. The second-order valence-electron chi connectivity index (χ2n) is 6.36. The van der Waals surface area contributed by atoms with Gasteiger partial charge in [0.25, 0.3) is 5.91 Å². The van der Waals surface area contributed by atoms with Crippen LogP contribution in [-0.4, -0.2) is 54.3 Å². The number of pyridine rings is 1. The summed E-state index contributed by atoms with van der Waals surface area (Å²) < 4.78 is 5.24. The first-order chi connectivity index (χ1) is 13.2. The molecule has 3 rings (SSSR count). The number of benzene rings is 1. The van der Waals surface area contributed by atoms with Gasteiger partial charge in [-0.25, -0.2) is 5.48 Å². The van der Waals surface area contributed by atoms with E-state index in [1.165, 1.54) is 6.08 Å². The molecule has 1 amide bonds. The summed E-state index contributed by atoms with van der Waals surface area (Å²) >= 11 is 0. The SMILES string of the molecule is COc1cncc(CN2CCN(c3ccccc3/C=C/C(=O)NO)CC2)c1. The van der Waals surface area contributed by atoms with Gasteiger partial charge in [0.2, 0.25) is 0 Å². The van der Waals surface area contributed by atoms with Crippen molar-refractivity contribution in [1.29, 1.82) is 0 Å². The summed E-state index contributed by atoms with van der Waals surface area (Å²) in [6.07, 6.45) is 6.63. The first-order valence-electron chi connectivity index (χ1n) is 8.86. The number of carbonyl (C=O) groups is 1. The lowest BCUT2D eigenvalue weighted by Crippen LogP contribution is -2.46. The van der Waals surface area contributed by atoms with Crippen LogP contribution in [0.4, 0.5) is 5.69 Å². The highest BCUT2D eigenvalue weighted by atomic mass is 16.5. The van der Waals surface area contributed by atoms with Gasteiger partial charge in [0, 0.05) is 50.7 Å². The molecule has 7 nitrogen and oxygen atoms in total. The number of anilines is 1. The van der Waals surface area contributed by atoms with Gasteiger partial charge in [-0.3, -0.25) is 19.9 Å². The average molecular weight is 368 g/mol. The molecule has 0 unspecified atom stereocenters. The van der Waals surface area contributed by atoms with Crippen LogP contribution in [0, 0.1) is 0 Å². The van der Waals surface area contributed by atoms with Gasteiger partial charge >= 0.3 is 0 Å². The van der Waals surface area contributed by atoms with Gasteiger partial charge in [-0.1, -0.05) is 18.2 Å². The molecule has 2 heterocycles. The summed E-state index contributed by atoms with van der Waals surface area (Å²) in [4.78, 5) is 20.2. The van der Waals surface area contributed by atoms with Crippen molar-refractivity contribution >= 4 is 17.7 Å². The number of methoxy groups -OCH3 is 1. The molecule has 0 saturated carbocycles. The van der Waals surface area contributed by atoms with Crippen molar-refractivity contribution < 1.29 is 14.7 Å². The van der Waals surface area contributed by atoms with E-state index >= 15 is 0 Å². The maximum absolute atomic E-state index is 11.3. The van der Waals surface area contributed by atoms with Crippen molar-refractivity contribution in [3.8, 4) is 5.75 Å². The molecule has 1 fully saturated rings. The smallest absolute Gasteiger partial charge is 0.267 e. The number of hydrogen-bond acceptors (Lipinski definition) is 6. The predicted octanol–water partition coefficient (Wildman–Crippen LogP) is 1.93. The molecule has 0 aliphatic carbocycles. The molecule has 142 valence electrons. The van der Waals surface area contributed by atoms with Crippen LogP contribution in [-0.2, 0) is 11.3 Å². The van der Waals surface area contributed by atoms with Crippen LogP contribution >= 0.6 is 0 Å². The largest absolute Gasteiger partial charge is 0.495 e. The number of ether oxygens (including phenoxy) is 1. The van der Waals surface area contributed by atoms with Gasteiger partial charge in [0.15, 0.2) is 0 Å². The molecule has 0 atom stereocenters. The minimum absolute atomic E-state index is 0.540. The van der Waals surface area contributed by atoms with Crippen LogP contribution in [0.5, 0.6) is 5.75 Å². The van der Waals surface area contributed by atoms with Crippen molar-refractivity contribution in [2.75, 3.05) is 38.2 Å². The highest BCUT2D eigenvalue weighted by Crippen LogP contribution is 2.23. The Balaban J connectivity index is 1.62. The van der Waals surface area contributed by atoms with E-state index in [1.54, 1.807) is 24.9 Å². The van der Waals surface area contributed by atoms with Gasteiger partial charge < -0.3 is 9.64 Å². The van der Waals surface area contributed by atoms with Crippen molar-refractivity contribution in [1.82, 2.24) is 15.4 Å². The summed E-state index contributed by atoms with van der Waals surface area (Å²) in [7, 11) is 1.65. The van der Waals surface area contributed by atoms with Gasteiger partial charge in [-0.05, 0) is 29.3 Å². The van der Waals surface area contributed by atoms with Crippen LogP contribution in [0.2, 0.25) is 0 Å². The highest BCUT2D eigenvalue weighted by molar-refractivity contribution is 5.91. The number of nitrogens with one attached hydrogen (secondary N) is 1. The van der Waals surface area contributed by atoms with Gasteiger partial charge in [0.1, 0.15) is 5.75 Å². The molecule has 0 radical (unpaired) electrons. The molecule has 2 N–H and O–H groups in total. The predicted molar refractivity (Wildman–Crippen MR) is 104 cm³/mol. The number of piperazine rings is 1. The monoisotopic (exact) mass is 368 g/mol. The molecular formula is C20H24N4O3. The first-order valence-corrected chi connectivity index (χ1v) is 8.86. The minimum Gasteiger partial charge on any atom is -0.495 e. The maximum atomic E-state index is 11.3. The number of hydrogen-bond donors (Lipinski definition) is 2. The van der Waals surface area contributed by atoms with E-state index in [0.29, 0.717) is 0 Å². The third-order valence-electron chi connectivity index (χ3n) is 4.59. The molecule has 27 heavy (non-hydrogen) atoms. The normalized spacial score (nSPS) is 15.1. The zero-order valence-corrected chi connectivity index (χ0v) is 15.3. The molecule has 1 aliphatic rings. The lowest BCUT2D eigenvalue weighted by Gasteiger charge is -2.36. The average Bonchev–Trinajstić information content (AvgIpc) is 2.73. The third-order valence-corrected chi connectivity index (χ3v) is 4.59. The summed E-state index contributed by atoms with van der Waals surface area (Å²) in [6, 6.07) is 9.97. The van der Waals surface area contributed by atoms with E-state index in [0.717, 1.165) is 55.3 Å². The number of amides is 1. The van der Waals surface area contributed by atoms with Crippen LogP contribution in [0.25, 0.3) is 6.08 Å². The van der Waals surface area contributed by atoms with Gasteiger partial charge in [-0.2, -0.15) is 0 Å². The van der Waals surface area contributed by atoms with E-state index in [2.05, 4.69) is 20.9 Å². The van der Waals surface area contributed by atoms with Crippen molar-refractivity contribution in [2.24, 2.45) is 0 Å². The highest BCUT2D eigenvalue weighted by Gasteiger charge is 2.19. The quantitative estimate of drug-likeness (QED) is 0.461. The zero-order chi connectivity index (χ0) is 19.1. The third kappa shape index (κ3) is 5.06. The van der Waals surface area contributed by atoms with Gasteiger partial charge in [0.05, 0.1) is 13.3 Å². The Labute approximate surface area is 158 Å². The number of rotatable bonds is 6. The second-order valence-corrected chi connectivity index (χ2v) is 6.36.